The van der Waals surface area contributed by atoms with Gasteiger partial charge in [0.1, 0.15) is 11.8 Å². The summed E-state index contributed by atoms with van der Waals surface area (Å²) < 4.78 is 6.18. The molecule has 1 aliphatic heterocycles. The van der Waals surface area contributed by atoms with Crippen molar-refractivity contribution in [3.63, 3.8) is 0 Å². The number of furan rings is 1. The van der Waals surface area contributed by atoms with E-state index in [0.29, 0.717) is 19.6 Å². The Bertz CT molecular complexity index is 380. The summed E-state index contributed by atoms with van der Waals surface area (Å²) in [4.78, 5) is 13.0. The molecular formula is C10H13BrN2O3. The minimum absolute atomic E-state index is 0.480. The summed E-state index contributed by atoms with van der Waals surface area (Å²) in [7, 11) is 0. The molecule has 1 unspecified atom stereocenters. The molecule has 2 N–H and O–H groups in total. The topological polar surface area (TPSA) is 65.7 Å². The van der Waals surface area contributed by atoms with Crippen LogP contribution in [0.1, 0.15) is 5.76 Å². The highest BCUT2D eigenvalue weighted by atomic mass is 79.9. The Morgan fingerprint density at radius 1 is 1.75 bits per heavy atom. The van der Waals surface area contributed by atoms with Gasteiger partial charge in [0.25, 0.3) is 0 Å². The van der Waals surface area contributed by atoms with Crippen LogP contribution >= 0.6 is 15.9 Å². The summed E-state index contributed by atoms with van der Waals surface area (Å²) >= 11 is 3.37. The molecule has 0 aromatic carbocycles. The number of nitrogens with zero attached hydrogens (tertiary/aromatic N) is 1. The minimum Gasteiger partial charge on any atom is -0.480 e. The van der Waals surface area contributed by atoms with Gasteiger partial charge in [0.2, 0.25) is 0 Å². The van der Waals surface area contributed by atoms with E-state index in [4.69, 9.17) is 9.52 Å². The molecule has 0 spiro atoms. The van der Waals surface area contributed by atoms with E-state index < -0.39 is 12.0 Å². The number of rotatable bonds is 3. The first-order valence-corrected chi connectivity index (χ1v) is 5.87. The number of carboxylic acids is 1. The molecule has 88 valence electrons. The van der Waals surface area contributed by atoms with Crippen molar-refractivity contribution in [3.8, 4) is 0 Å². The molecule has 1 atom stereocenters. The molecular weight excluding hydrogens is 276 g/mol. The van der Waals surface area contributed by atoms with Gasteiger partial charge in [-0.15, -0.1) is 0 Å². The van der Waals surface area contributed by atoms with Crippen molar-refractivity contribution in [2.45, 2.75) is 12.6 Å². The summed E-state index contributed by atoms with van der Waals surface area (Å²) in [6.07, 6.45) is 1.59. The third-order valence-electron chi connectivity index (χ3n) is 2.68. The second-order valence-corrected chi connectivity index (χ2v) is 4.57. The highest BCUT2D eigenvalue weighted by Gasteiger charge is 2.29. The molecule has 0 saturated carbocycles. The summed E-state index contributed by atoms with van der Waals surface area (Å²) in [6, 6.07) is 1.33. The zero-order chi connectivity index (χ0) is 11.5. The van der Waals surface area contributed by atoms with E-state index in [-0.39, 0.29) is 0 Å². The Hall–Kier alpha value is -0.850. The molecule has 0 radical (unpaired) electrons. The maximum Gasteiger partial charge on any atom is 0.322 e. The maximum absolute atomic E-state index is 11.1. The standard InChI is InChI=1S/C10H13BrN2O3/c11-7-1-4-16-9(7)6-13-3-2-12-5-8(13)10(14)15/h1,4,8,12H,2-3,5-6H2,(H,14,15). The number of hydrogen-bond acceptors (Lipinski definition) is 4. The van der Waals surface area contributed by atoms with Gasteiger partial charge in [-0.1, -0.05) is 0 Å². The van der Waals surface area contributed by atoms with Crippen molar-refractivity contribution in [1.29, 1.82) is 0 Å². The minimum atomic E-state index is -0.796. The van der Waals surface area contributed by atoms with Crippen molar-refractivity contribution in [2.75, 3.05) is 19.6 Å². The van der Waals surface area contributed by atoms with Gasteiger partial charge < -0.3 is 14.8 Å². The molecule has 1 aromatic heterocycles. The average Bonchev–Trinajstić information content (AvgIpc) is 2.65. The Morgan fingerprint density at radius 3 is 3.19 bits per heavy atom. The first-order chi connectivity index (χ1) is 7.68. The molecule has 2 heterocycles. The Labute approximate surface area is 102 Å². The first-order valence-electron chi connectivity index (χ1n) is 5.08. The Morgan fingerprint density at radius 2 is 2.56 bits per heavy atom. The fraction of sp³-hybridized carbons (Fsp3) is 0.500. The summed E-state index contributed by atoms with van der Waals surface area (Å²) in [5.74, 6) is -0.0250. The molecule has 2 rings (SSSR count). The van der Waals surface area contributed by atoms with E-state index in [0.717, 1.165) is 16.8 Å². The van der Waals surface area contributed by atoms with E-state index in [9.17, 15) is 4.79 Å². The molecule has 1 aliphatic rings. The van der Waals surface area contributed by atoms with Crippen LogP contribution in [0.5, 0.6) is 0 Å². The van der Waals surface area contributed by atoms with Gasteiger partial charge in [0, 0.05) is 19.6 Å². The van der Waals surface area contributed by atoms with E-state index >= 15 is 0 Å². The lowest BCUT2D eigenvalue weighted by Crippen LogP contribution is -2.54. The van der Waals surface area contributed by atoms with Crippen LogP contribution in [0.4, 0.5) is 0 Å². The smallest absolute Gasteiger partial charge is 0.322 e. The Kier molecular flexibility index (Phi) is 3.63. The predicted octanol–water partition coefficient (Wildman–Crippen LogP) is 0.901. The van der Waals surface area contributed by atoms with Crippen LogP contribution in [0, 0.1) is 0 Å². The number of carboxylic acid groups (broad SMARTS) is 1. The lowest BCUT2D eigenvalue weighted by Gasteiger charge is -2.32. The van der Waals surface area contributed by atoms with Crippen molar-refractivity contribution in [1.82, 2.24) is 10.2 Å². The van der Waals surface area contributed by atoms with Crippen molar-refractivity contribution in [3.05, 3.63) is 22.6 Å². The second kappa shape index (κ2) is 4.99. The molecule has 1 aromatic rings. The van der Waals surface area contributed by atoms with Gasteiger partial charge in [-0.2, -0.15) is 0 Å². The molecule has 1 saturated heterocycles. The number of piperazine rings is 1. The van der Waals surface area contributed by atoms with Crippen LogP contribution in [-0.4, -0.2) is 41.7 Å². The lowest BCUT2D eigenvalue weighted by molar-refractivity contribution is -0.144. The highest BCUT2D eigenvalue weighted by Crippen LogP contribution is 2.20. The number of halogens is 1. The highest BCUT2D eigenvalue weighted by molar-refractivity contribution is 9.10. The molecule has 0 bridgehead atoms. The van der Waals surface area contributed by atoms with Gasteiger partial charge in [-0.25, -0.2) is 0 Å². The number of carbonyl (C=O) groups is 1. The predicted molar refractivity (Wildman–Crippen MR) is 61.1 cm³/mol. The normalized spacial score (nSPS) is 22.2. The molecule has 5 nitrogen and oxygen atoms in total. The van der Waals surface area contributed by atoms with E-state index in [1.54, 1.807) is 6.26 Å². The van der Waals surface area contributed by atoms with E-state index in [1.165, 1.54) is 0 Å². The van der Waals surface area contributed by atoms with Crippen LogP contribution in [0.3, 0.4) is 0 Å². The number of aliphatic carboxylic acids is 1. The monoisotopic (exact) mass is 288 g/mol. The number of hydrogen-bond donors (Lipinski definition) is 2. The quantitative estimate of drug-likeness (QED) is 0.865. The largest absolute Gasteiger partial charge is 0.480 e. The van der Waals surface area contributed by atoms with Gasteiger partial charge >= 0.3 is 5.97 Å². The zero-order valence-electron chi connectivity index (χ0n) is 8.65. The van der Waals surface area contributed by atoms with Gasteiger partial charge in [-0.3, -0.25) is 9.69 Å². The Balaban J connectivity index is 2.07. The molecule has 0 aliphatic carbocycles. The van der Waals surface area contributed by atoms with Crippen LogP contribution in [-0.2, 0) is 11.3 Å². The maximum atomic E-state index is 11.1. The molecule has 16 heavy (non-hydrogen) atoms. The summed E-state index contributed by atoms with van der Waals surface area (Å²) in [5.41, 5.74) is 0. The third-order valence-corrected chi connectivity index (χ3v) is 3.38. The van der Waals surface area contributed by atoms with Crippen molar-refractivity contribution >= 4 is 21.9 Å². The van der Waals surface area contributed by atoms with E-state index in [2.05, 4.69) is 21.2 Å². The van der Waals surface area contributed by atoms with Gasteiger partial charge in [0.15, 0.2) is 0 Å². The van der Waals surface area contributed by atoms with E-state index in [1.807, 2.05) is 11.0 Å². The fourth-order valence-corrected chi connectivity index (χ4v) is 2.13. The fourth-order valence-electron chi connectivity index (χ4n) is 1.80. The molecule has 0 amide bonds. The molecule has 1 fully saturated rings. The van der Waals surface area contributed by atoms with Crippen LogP contribution in [0.25, 0.3) is 0 Å². The van der Waals surface area contributed by atoms with Gasteiger partial charge in [-0.05, 0) is 22.0 Å². The van der Waals surface area contributed by atoms with Crippen LogP contribution < -0.4 is 5.32 Å². The average molecular weight is 289 g/mol. The molecule has 6 heteroatoms. The van der Waals surface area contributed by atoms with Crippen molar-refractivity contribution < 1.29 is 14.3 Å². The second-order valence-electron chi connectivity index (χ2n) is 3.72. The zero-order valence-corrected chi connectivity index (χ0v) is 10.2. The van der Waals surface area contributed by atoms with Crippen molar-refractivity contribution in [2.24, 2.45) is 0 Å². The SMILES string of the molecule is O=C(O)C1CNCCN1Cc1occc1Br. The van der Waals surface area contributed by atoms with Gasteiger partial charge in [0.05, 0.1) is 17.3 Å². The third kappa shape index (κ3) is 2.45. The van der Waals surface area contributed by atoms with Crippen LogP contribution in [0.15, 0.2) is 21.2 Å². The lowest BCUT2D eigenvalue weighted by atomic mass is 10.2. The summed E-state index contributed by atoms with van der Waals surface area (Å²) in [5, 5.41) is 12.2. The first kappa shape index (κ1) is 11.6. The summed E-state index contributed by atoms with van der Waals surface area (Å²) in [6.45, 7) is 2.52. The number of nitrogens with one attached hydrogen (secondary N) is 1. The van der Waals surface area contributed by atoms with Crippen LogP contribution in [0.2, 0.25) is 0 Å².